The first kappa shape index (κ1) is 19.7. The zero-order valence-electron chi connectivity index (χ0n) is 15.3. The van der Waals surface area contributed by atoms with Gasteiger partial charge in [-0.3, -0.25) is 19.7 Å². The summed E-state index contributed by atoms with van der Waals surface area (Å²) in [5, 5.41) is 23.1. The van der Waals surface area contributed by atoms with Gasteiger partial charge in [0, 0.05) is 31.3 Å². The van der Waals surface area contributed by atoms with Crippen LogP contribution in [-0.4, -0.2) is 41.5 Å². The summed E-state index contributed by atoms with van der Waals surface area (Å²) < 4.78 is 0. The van der Waals surface area contributed by atoms with Gasteiger partial charge in [0.05, 0.1) is 10.3 Å². The Hall–Kier alpha value is -2.64. The lowest BCUT2D eigenvalue weighted by Crippen LogP contribution is -2.39. The number of hydrogen-bond donors (Lipinski definition) is 2. The topological polar surface area (TPSA) is 113 Å². The molecule has 1 aliphatic heterocycles. The standard InChI is InChI=1S/C18H25N3O5/c1-12-6-8-20(9-7-12)14-5-4-13(10-15(14)21(25)26)16(22)19-11-18(2,3)17(23)24/h4-5,10,12H,6-9,11H2,1-3H3,(H,19,22)(H,23,24). The van der Waals surface area contributed by atoms with E-state index in [0.717, 1.165) is 25.9 Å². The van der Waals surface area contributed by atoms with Crippen LogP contribution in [0.1, 0.15) is 44.0 Å². The van der Waals surface area contributed by atoms with Gasteiger partial charge in [0.15, 0.2) is 0 Å². The highest BCUT2D eigenvalue weighted by Crippen LogP contribution is 2.32. The molecule has 0 unspecified atom stereocenters. The van der Waals surface area contributed by atoms with E-state index in [2.05, 4.69) is 12.2 Å². The third-order valence-corrected chi connectivity index (χ3v) is 4.83. The predicted molar refractivity (Wildman–Crippen MR) is 97.5 cm³/mol. The molecule has 0 aliphatic carbocycles. The molecule has 142 valence electrons. The lowest BCUT2D eigenvalue weighted by molar-refractivity contribution is -0.384. The number of nitrogens with zero attached hydrogens (tertiary/aromatic N) is 2. The number of aliphatic carboxylic acids is 1. The van der Waals surface area contributed by atoms with Crippen molar-refractivity contribution >= 4 is 23.3 Å². The van der Waals surface area contributed by atoms with Crippen molar-refractivity contribution in [3.8, 4) is 0 Å². The van der Waals surface area contributed by atoms with Crippen LogP contribution in [0.25, 0.3) is 0 Å². The van der Waals surface area contributed by atoms with Gasteiger partial charge in [0.2, 0.25) is 0 Å². The molecular weight excluding hydrogens is 338 g/mol. The van der Waals surface area contributed by atoms with Crippen LogP contribution < -0.4 is 10.2 Å². The number of carboxylic acids is 1. The summed E-state index contributed by atoms with van der Waals surface area (Å²) in [6, 6.07) is 4.41. The Bertz CT molecular complexity index is 709. The highest BCUT2D eigenvalue weighted by molar-refractivity contribution is 5.96. The monoisotopic (exact) mass is 363 g/mol. The molecule has 0 aromatic heterocycles. The molecule has 1 heterocycles. The fourth-order valence-corrected chi connectivity index (χ4v) is 2.81. The van der Waals surface area contributed by atoms with Crippen molar-refractivity contribution in [2.24, 2.45) is 11.3 Å². The number of carbonyl (C=O) groups excluding carboxylic acids is 1. The number of rotatable bonds is 6. The third kappa shape index (κ3) is 4.50. The number of carbonyl (C=O) groups is 2. The SMILES string of the molecule is CC1CCN(c2ccc(C(=O)NCC(C)(C)C(=O)O)cc2[N+](=O)[O-])CC1. The number of hydrogen-bond acceptors (Lipinski definition) is 5. The maximum Gasteiger partial charge on any atom is 0.310 e. The van der Waals surface area contributed by atoms with Crippen molar-refractivity contribution in [3.63, 3.8) is 0 Å². The van der Waals surface area contributed by atoms with Crippen LogP contribution >= 0.6 is 0 Å². The first-order valence-corrected chi connectivity index (χ1v) is 8.67. The Kier molecular flexibility index (Phi) is 5.84. The van der Waals surface area contributed by atoms with Crippen LogP contribution in [0, 0.1) is 21.4 Å². The van der Waals surface area contributed by atoms with Gasteiger partial charge in [-0.05, 0) is 44.7 Å². The van der Waals surface area contributed by atoms with E-state index in [1.165, 1.54) is 19.9 Å². The van der Waals surface area contributed by atoms with Crippen molar-refractivity contribution < 1.29 is 19.6 Å². The molecule has 1 saturated heterocycles. The number of anilines is 1. The largest absolute Gasteiger partial charge is 0.481 e. The average molecular weight is 363 g/mol. The molecule has 2 rings (SSSR count). The third-order valence-electron chi connectivity index (χ3n) is 4.83. The minimum absolute atomic E-state index is 0.0687. The molecule has 2 N–H and O–H groups in total. The second-order valence-corrected chi connectivity index (χ2v) is 7.50. The number of nitrogens with one attached hydrogen (secondary N) is 1. The molecule has 0 bridgehead atoms. The van der Waals surface area contributed by atoms with Crippen molar-refractivity contribution in [3.05, 3.63) is 33.9 Å². The first-order chi connectivity index (χ1) is 12.1. The van der Waals surface area contributed by atoms with Crippen LogP contribution in [0.4, 0.5) is 11.4 Å². The number of benzene rings is 1. The summed E-state index contributed by atoms with van der Waals surface area (Å²) in [5.41, 5.74) is -0.563. The molecule has 1 aromatic rings. The summed E-state index contributed by atoms with van der Waals surface area (Å²) in [5.74, 6) is -0.951. The van der Waals surface area contributed by atoms with E-state index in [0.29, 0.717) is 11.6 Å². The molecule has 26 heavy (non-hydrogen) atoms. The van der Waals surface area contributed by atoms with Gasteiger partial charge in [-0.15, -0.1) is 0 Å². The lowest BCUT2D eigenvalue weighted by Gasteiger charge is -2.31. The van der Waals surface area contributed by atoms with Crippen LogP contribution in [0.15, 0.2) is 18.2 Å². The molecule has 0 spiro atoms. The van der Waals surface area contributed by atoms with E-state index in [9.17, 15) is 19.7 Å². The van der Waals surface area contributed by atoms with Crippen molar-refractivity contribution in [1.29, 1.82) is 0 Å². The summed E-state index contributed by atoms with van der Waals surface area (Å²) in [4.78, 5) is 36.4. The second kappa shape index (κ2) is 7.72. The number of piperidine rings is 1. The molecule has 1 aromatic carbocycles. The normalized spacial score (nSPS) is 15.6. The Labute approximate surface area is 152 Å². The zero-order valence-corrected chi connectivity index (χ0v) is 15.3. The van der Waals surface area contributed by atoms with Gasteiger partial charge in [-0.2, -0.15) is 0 Å². The van der Waals surface area contributed by atoms with Crippen LogP contribution in [0.5, 0.6) is 0 Å². The summed E-state index contributed by atoms with van der Waals surface area (Å²) >= 11 is 0. The van der Waals surface area contributed by atoms with E-state index in [-0.39, 0.29) is 17.8 Å². The quantitative estimate of drug-likeness (QED) is 0.593. The molecule has 0 atom stereocenters. The Morgan fingerprint density at radius 1 is 1.35 bits per heavy atom. The van der Waals surface area contributed by atoms with Crippen LogP contribution in [0.3, 0.4) is 0 Å². The van der Waals surface area contributed by atoms with Gasteiger partial charge >= 0.3 is 5.97 Å². The zero-order chi connectivity index (χ0) is 19.5. The number of amides is 1. The molecule has 1 aliphatic rings. The number of nitro benzene ring substituents is 1. The fourth-order valence-electron chi connectivity index (χ4n) is 2.81. The van der Waals surface area contributed by atoms with Crippen LogP contribution in [-0.2, 0) is 4.79 Å². The fraction of sp³-hybridized carbons (Fsp3) is 0.556. The van der Waals surface area contributed by atoms with Gasteiger partial charge in [-0.25, -0.2) is 0 Å². The van der Waals surface area contributed by atoms with E-state index in [1.807, 2.05) is 4.90 Å². The minimum Gasteiger partial charge on any atom is -0.481 e. The minimum atomic E-state index is -1.12. The number of carboxylic acid groups (broad SMARTS) is 1. The number of nitro groups is 1. The van der Waals surface area contributed by atoms with Crippen molar-refractivity contribution in [1.82, 2.24) is 5.32 Å². The van der Waals surface area contributed by atoms with Gasteiger partial charge in [-0.1, -0.05) is 6.92 Å². The lowest BCUT2D eigenvalue weighted by atomic mass is 9.94. The second-order valence-electron chi connectivity index (χ2n) is 7.50. The molecule has 0 radical (unpaired) electrons. The van der Waals surface area contributed by atoms with E-state index in [4.69, 9.17) is 5.11 Å². The highest BCUT2D eigenvalue weighted by Gasteiger charge is 2.29. The molecule has 8 heteroatoms. The van der Waals surface area contributed by atoms with Gasteiger partial charge < -0.3 is 15.3 Å². The maximum absolute atomic E-state index is 12.3. The van der Waals surface area contributed by atoms with Crippen LogP contribution in [0.2, 0.25) is 0 Å². The Morgan fingerprint density at radius 3 is 2.50 bits per heavy atom. The molecular formula is C18H25N3O5. The summed E-state index contributed by atoms with van der Waals surface area (Å²) in [7, 11) is 0. The Balaban J connectivity index is 2.18. The smallest absolute Gasteiger partial charge is 0.310 e. The molecule has 1 amide bonds. The average Bonchev–Trinajstić information content (AvgIpc) is 2.59. The summed E-state index contributed by atoms with van der Waals surface area (Å²) in [6.45, 7) is 6.59. The van der Waals surface area contributed by atoms with E-state index in [1.54, 1.807) is 12.1 Å². The Morgan fingerprint density at radius 2 is 1.96 bits per heavy atom. The van der Waals surface area contributed by atoms with Crippen molar-refractivity contribution in [2.75, 3.05) is 24.5 Å². The molecule has 1 fully saturated rings. The predicted octanol–water partition coefficient (Wildman–Crippen LogP) is 2.67. The highest BCUT2D eigenvalue weighted by atomic mass is 16.6. The molecule has 8 nitrogen and oxygen atoms in total. The van der Waals surface area contributed by atoms with Gasteiger partial charge in [0.25, 0.3) is 11.6 Å². The van der Waals surface area contributed by atoms with Crippen molar-refractivity contribution in [2.45, 2.75) is 33.6 Å². The van der Waals surface area contributed by atoms with Gasteiger partial charge in [0.1, 0.15) is 5.69 Å². The van der Waals surface area contributed by atoms with E-state index >= 15 is 0 Å². The summed E-state index contributed by atoms with van der Waals surface area (Å²) in [6.07, 6.45) is 1.95. The van der Waals surface area contributed by atoms with E-state index < -0.39 is 22.2 Å². The first-order valence-electron chi connectivity index (χ1n) is 8.67. The molecule has 0 saturated carbocycles. The maximum atomic E-state index is 12.3.